The number of ether oxygens (including phenoxy) is 3. The number of carbonyl (C=O) groups excluding carboxylic acids is 1. The van der Waals surface area contributed by atoms with Gasteiger partial charge in [0.25, 0.3) is 0 Å². The first-order valence-electron chi connectivity index (χ1n) is 25.5. The Labute approximate surface area is 372 Å². The highest BCUT2D eigenvalue weighted by Gasteiger charge is 2.59. The number of aliphatic hydroxyl groups is 3. The van der Waals surface area contributed by atoms with Crippen LogP contribution in [0.3, 0.4) is 0 Å². The summed E-state index contributed by atoms with van der Waals surface area (Å²) in [7, 11) is 0. The minimum absolute atomic E-state index is 0.152. The van der Waals surface area contributed by atoms with Gasteiger partial charge in [0.15, 0.2) is 6.29 Å². The number of esters is 1. The van der Waals surface area contributed by atoms with E-state index in [1.54, 1.807) is 0 Å². The van der Waals surface area contributed by atoms with Crippen molar-refractivity contribution in [3.63, 3.8) is 0 Å². The molecule has 7 nitrogen and oxygen atoms in total. The molecular formula is C54H90O7. The van der Waals surface area contributed by atoms with Gasteiger partial charge in [0, 0.05) is 6.42 Å². The van der Waals surface area contributed by atoms with Crippen molar-refractivity contribution >= 4 is 5.97 Å². The van der Waals surface area contributed by atoms with E-state index in [1.165, 1.54) is 69.8 Å². The van der Waals surface area contributed by atoms with Gasteiger partial charge in [-0.2, -0.15) is 0 Å². The molecule has 0 aromatic rings. The molecule has 0 amide bonds. The maximum atomic E-state index is 12.6. The monoisotopic (exact) mass is 851 g/mol. The van der Waals surface area contributed by atoms with Gasteiger partial charge in [-0.1, -0.05) is 135 Å². The molecule has 14 atom stereocenters. The molecule has 7 heteroatoms. The zero-order valence-corrected chi connectivity index (χ0v) is 39.8. The fraction of sp³-hybridized carbons (Fsp3) is 0.833. The molecule has 14 unspecified atom stereocenters. The first-order valence-corrected chi connectivity index (χ1v) is 25.5. The summed E-state index contributed by atoms with van der Waals surface area (Å²) < 4.78 is 18.0. The molecule has 4 aliphatic carbocycles. The van der Waals surface area contributed by atoms with E-state index >= 15 is 0 Å². The zero-order valence-electron chi connectivity index (χ0n) is 39.8. The molecule has 61 heavy (non-hydrogen) atoms. The Bertz CT molecular complexity index is 1430. The molecule has 0 bridgehead atoms. The van der Waals surface area contributed by atoms with Crippen molar-refractivity contribution in [2.45, 2.75) is 227 Å². The van der Waals surface area contributed by atoms with Gasteiger partial charge in [-0.3, -0.25) is 4.79 Å². The van der Waals surface area contributed by atoms with Crippen LogP contribution in [-0.2, 0) is 19.0 Å². The Morgan fingerprint density at radius 1 is 0.820 bits per heavy atom. The van der Waals surface area contributed by atoms with Crippen LogP contribution in [0.25, 0.3) is 0 Å². The summed E-state index contributed by atoms with van der Waals surface area (Å²) in [5, 5.41) is 32.5. The molecule has 348 valence electrons. The molecule has 4 fully saturated rings. The Balaban J connectivity index is 1.02. The molecule has 0 aromatic heterocycles. The third kappa shape index (κ3) is 13.2. The van der Waals surface area contributed by atoms with Crippen molar-refractivity contribution in [2.75, 3.05) is 6.61 Å². The maximum absolute atomic E-state index is 12.6. The van der Waals surface area contributed by atoms with Crippen molar-refractivity contribution in [2.24, 2.45) is 52.3 Å². The van der Waals surface area contributed by atoms with Crippen LogP contribution in [-0.4, -0.2) is 64.7 Å². The van der Waals surface area contributed by atoms with Gasteiger partial charge < -0.3 is 29.5 Å². The lowest BCUT2D eigenvalue weighted by molar-refractivity contribution is -0.313. The molecule has 5 rings (SSSR count). The molecule has 5 aliphatic rings. The molecule has 0 aromatic carbocycles. The lowest BCUT2D eigenvalue weighted by atomic mass is 9.47. The Hall–Kier alpha value is -1.77. The molecule has 1 saturated heterocycles. The Morgan fingerprint density at radius 2 is 1.52 bits per heavy atom. The highest BCUT2D eigenvalue weighted by molar-refractivity contribution is 5.69. The number of hydrogen-bond donors (Lipinski definition) is 3. The summed E-state index contributed by atoms with van der Waals surface area (Å²) >= 11 is 0. The molecule has 0 radical (unpaired) electrons. The normalized spacial score (nSPS) is 36.3. The van der Waals surface area contributed by atoms with Crippen molar-refractivity contribution < 1.29 is 34.3 Å². The van der Waals surface area contributed by atoms with Crippen molar-refractivity contribution in [3.05, 3.63) is 48.1 Å². The van der Waals surface area contributed by atoms with Gasteiger partial charge in [0.2, 0.25) is 0 Å². The summed E-state index contributed by atoms with van der Waals surface area (Å²) in [5.74, 6) is 4.58. The van der Waals surface area contributed by atoms with Crippen LogP contribution in [0.4, 0.5) is 0 Å². The van der Waals surface area contributed by atoms with Crippen LogP contribution < -0.4 is 0 Å². The molecule has 1 aliphatic heterocycles. The molecule has 3 N–H and O–H groups in total. The minimum atomic E-state index is -1.45. The summed E-state index contributed by atoms with van der Waals surface area (Å²) in [6, 6.07) is 0. The average molecular weight is 851 g/mol. The first-order chi connectivity index (χ1) is 29.3. The number of hydrogen-bond acceptors (Lipinski definition) is 7. The van der Waals surface area contributed by atoms with E-state index in [4.69, 9.17) is 14.2 Å². The molecule has 1 heterocycles. The maximum Gasteiger partial charge on any atom is 0.305 e. The number of fused-ring (bicyclic) bond motifs is 5. The predicted octanol–water partition coefficient (Wildman–Crippen LogP) is 12.4. The van der Waals surface area contributed by atoms with Crippen LogP contribution in [0.15, 0.2) is 48.1 Å². The van der Waals surface area contributed by atoms with Gasteiger partial charge in [-0.15, -0.1) is 0 Å². The lowest BCUT2D eigenvalue weighted by Crippen LogP contribution is -2.60. The fourth-order valence-corrected chi connectivity index (χ4v) is 12.8. The van der Waals surface area contributed by atoms with E-state index in [0.29, 0.717) is 35.5 Å². The number of allylic oxidation sites excluding steroid dienone is 7. The zero-order chi connectivity index (χ0) is 44.0. The van der Waals surface area contributed by atoms with Crippen molar-refractivity contribution in [1.29, 1.82) is 0 Å². The van der Waals surface area contributed by atoms with E-state index in [2.05, 4.69) is 91.0 Å². The van der Waals surface area contributed by atoms with E-state index in [9.17, 15) is 20.1 Å². The highest BCUT2D eigenvalue weighted by atomic mass is 16.7. The number of carbonyl (C=O) groups is 1. The number of aliphatic hydroxyl groups excluding tert-OH is 3. The third-order valence-electron chi connectivity index (χ3n) is 16.7. The highest BCUT2D eigenvalue weighted by Crippen LogP contribution is 2.67. The molecule has 3 saturated carbocycles. The SMILES string of the molecule is CCCCCC/C=C\C/C=C\CCCCCCCC(=O)OCC1OC(OC2CCC3(C)C(=CCC4C3CCC3(C)C(C(C)/C=C/C(CC)C(C)C)CCC43)C2)C(O)C(O)C1O. The Morgan fingerprint density at radius 3 is 2.23 bits per heavy atom. The number of unbranched alkanes of at least 4 members (excludes halogenated alkanes) is 9. The summed E-state index contributed by atoms with van der Waals surface area (Å²) in [4.78, 5) is 12.6. The topological polar surface area (TPSA) is 105 Å². The average Bonchev–Trinajstić information content (AvgIpc) is 3.60. The van der Waals surface area contributed by atoms with Gasteiger partial charge >= 0.3 is 5.97 Å². The quantitative estimate of drug-likeness (QED) is 0.0504. The van der Waals surface area contributed by atoms with E-state index < -0.39 is 30.7 Å². The second-order valence-electron chi connectivity index (χ2n) is 21.1. The molecular weight excluding hydrogens is 761 g/mol. The van der Waals surface area contributed by atoms with E-state index in [1.807, 2.05) is 0 Å². The molecule has 0 spiro atoms. The van der Waals surface area contributed by atoms with Crippen LogP contribution >= 0.6 is 0 Å². The van der Waals surface area contributed by atoms with Gasteiger partial charge in [0.05, 0.1) is 6.10 Å². The van der Waals surface area contributed by atoms with Gasteiger partial charge in [-0.25, -0.2) is 0 Å². The van der Waals surface area contributed by atoms with Crippen LogP contribution in [0.1, 0.15) is 190 Å². The predicted molar refractivity (Wildman–Crippen MR) is 249 cm³/mol. The first kappa shape index (κ1) is 50.2. The van der Waals surface area contributed by atoms with Crippen LogP contribution in [0, 0.1) is 52.3 Å². The Kier molecular flexibility index (Phi) is 20.2. The van der Waals surface area contributed by atoms with E-state index in [0.717, 1.165) is 88.4 Å². The van der Waals surface area contributed by atoms with Gasteiger partial charge in [-0.05, 0) is 149 Å². The minimum Gasteiger partial charge on any atom is -0.463 e. The summed E-state index contributed by atoms with van der Waals surface area (Å²) in [6.45, 7) is 16.7. The summed E-state index contributed by atoms with van der Waals surface area (Å²) in [5.41, 5.74) is 2.04. The largest absolute Gasteiger partial charge is 0.463 e. The van der Waals surface area contributed by atoms with Crippen molar-refractivity contribution in [3.8, 4) is 0 Å². The summed E-state index contributed by atoms with van der Waals surface area (Å²) in [6.07, 6.45) is 34.6. The second-order valence-corrected chi connectivity index (χ2v) is 21.1. The van der Waals surface area contributed by atoms with Crippen LogP contribution in [0.5, 0.6) is 0 Å². The standard InChI is InChI=1S/C54H90O7/c1-8-10-11-12-13-14-15-16-17-18-19-20-21-22-23-24-25-48(55)59-37-47-49(56)50(57)51(58)52(61-47)60-42-32-34-53(6)41(36-42)28-29-43-45-31-30-44(54(45,7)35-33-46(43)53)39(5)26-27-40(9-2)38(3)4/h14-15,17-18,26-28,38-40,42-47,49-52,56-58H,8-13,16,19-25,29-37H2,1-7H3/b15-14-,18-17-,27-26+. The third-order valence-corrected chi connectivity index (χ3v) is 16.7. The fourth-order valence-electron chi connectivity index (χ4n) is 12.8. The van der Waals surface area contributed by atoms with Crippen molar-refractivity contribution in [1.82, 2.24) is 0 Å². The number of rotatable bonds is 24. The van der Waals surface area contributed by atoms with Gasteiger partial charge in [0.1, 0.15) is 31.0 Å². The lowest BCUT2D eigenvalue weighted by Gasteiger charge is -2.58. The second kappa shape index (κ2) is 24.5. The van der Waals surface area contributed by atoms with E-state index in [-0.39, 0.29) is 24.1 Å². The smallest absolute Gasteiger partial charge is 0.305 e. The van der Waals surface area contributed by atoms with Crippen LogP contribution in [0.2, 0.25) is 0 Å².